The van der Waals surface area contributed by atoms with E-state index in [1.54, 1.807) is 0 Å². The molecule has 0 radical (unpaired) electrons. The summed E-state index contributed by atoms with van der Waals surface area (Å²) in [6.45, 7) is 7.05. The van der Waals surface area contributed by atoms with Crippen LogP contribution in [0.2, 0.25) is 0 Å². The van der Waals surface area contributed by atoms with Gasteiger partial charge in [0, 0.05) is 38.5 Å². The number of hydrogen-bond acceptors (Lipinski definition) is 3. The fourth-order valence-corrected chi connectivity index (χ4v) is 1.90. The molecule has 0 fully saturated rings. The van der Waals surface area contributed by atoms with Crippen molar-refractivity contribution in [2.45, 2.75) is 45.6 Å². The van der Waals surface area contributed by atoms with Gasteiger partial charge in [-0.1, -0.05) is 13.8 Å². The van der Waals surface area contributed by atoms with Crippen molar-refractivity contribution < 1.29 is 4.74 Å². The van der Waals surface area contributed by atoms with E-state index >= 15 is 0 Å². The minimum absolute atomic E-state index is 0.438. The van der Waals surface area contributed by atoms with Gasteiger partial charge in [0.15, 0.2) is 0 Å². The van der Waals surface area contributed by atoms with E-state index in [0.717, 1.165) is 51.3 Å². The van der Waals surface area contributed by atoms with Gasteiger partial charge in [-0.15, -0.1) is 0 Å². The Hall–Kier alpha value is -0.870. The number of rotatable bonds is 10. The van der Waals surface area contributed by atoms with E-state index in [0.29, 0.717) is 6.04 Å². The van der Waals surface area contributed by atoms with Crippen molar-refractivity contribution in [2.24, 2.45) is 7.05 Å². The third-order valence-corrected chi connectivity index (χ3v) is 2.99. The van der Waals surface area contributed by atoms with Crippen molar-refractivity contribution in [3.05, 3.63) is 18.2 Å². The van der Waals surface area contributed by atoms with Gasteiger partial charge in [-0.25, -0.2) is 4.98 Å². The molecule has 1 aromatic heterocycles. The molecule has 18 heavy (non-hydrogen) atoms. The first-order valence-corrected chi connectivity index (χ1v) is 7.05. The first-order chi connectivity index (χ1) is 8.77. The van der Waals surface area contributed by atoms with Crippen molar-refractivity contribution in [3.8, 4) is 0 Å². The molecule has 0 saturated heterocycles. The Morgan fingerprint density at radius 3 is 2.83 bits per heavy atom. The van der Waals surface area contributed by atoms with Crippen molar-refractivity contribution in [2.75, 3.05) is 19.8 Å². The summed E-state index contributed by atoms with van der Waals surface area (Å²) in [6.07, 6.45) is 8.18. The van der Waals surface area contributed by atoms with E-state index in [4.69, 9.17) is 4.74 Å². The van der Waals surface area contributed by atoms with Crippen LogP contribution in [0, 0.1) is 0 Å². The van der Waals surface area contributed by atoms with E-state index in [9.17, 15) is 0 Å². The second kappa shape index (κ2) is 9.11. The molecule has 0 aliphatic rings. The van der Waals surface area contributed by atoms with Crippen molar-refractivity contribution in [1.29, 1.82) is 0 Å². The summed E-state index contributed by atoms with van der Waals surface area (Å²) in [4.78, 5) is 4.36. The van der Waals surface area contributed by atoms with Crippen molar-refractivity contribution in [1.82, 2.24) is 14.9 Å². The highest BCUT2D eigenvalue weighted by molar-refractivity contribution is 4.92. The number of nitrogens with zero attached hydrogens (tertiary/aromatic N) is 2. The standard InChI is InChI=1S/C14H27N3O/c1-4-8-15-13(12-18-11-5-2)6-7-14-16-9-10-17(14)3/h9-10,13,15H,4-8,11-12H2,1-3H3. The molecule has 1 aromatic rings. The number of nitrogens with one attached hydrogen (secondary N) is 1. The van der Waals surface area contributed by atoms with Crippen LogP contribution >= 0.6 is 0 Å². The van der Waals surface area contributed by atoms with Gasteiger partial charge in [0.05, 0.1) is 6.61 Å². The molecular formula is C14H27N3O. The maximum atomic E-state index is 5.65. The Morgan fingerprint density at radius 1 is 1.39 bits per heavy atom. The zero-order valence-electron chi connectivity index (χ0n) is 12.0. The average molecular weight is 253 g/mol. The summed E-state index contributed by atoms with van der Waals surface area (Å²) < 4.78 is 7.74. The Labute approximate surface area is 111 Å². The summed E-state index contributed by atoms with van der Waals surface area (Å²) in [5.74, 6) is 1.15. The molecule has 104 valence electrons. The zero-order valence-corrected chi connectivity index (χ0v) is 12.0. The molecule has 0 aliphatic heterocycles. The summed E-state index contributed by atoms with van der Waals surface area (Å²) >= 11 is 0. The molecule has 0 spiro atoms. The molecule has 1 N–H and O–H groups in total. The van der Waals surface area contributed by atoms with Gasteiger partial charge in [-0.3, -0.25) is 0 Å². The molecule has 0 saturated carbocycles. The van der Waals surface area contributed by atoms with E-state index in [2.05, 4.69) is 28.7 Å². The minimum Gasteiger partial charge on any atom is -0.380 e. The van der Waals surface area contributed by atoms with Crippen LogP contribution in [0.25, 0.3) is 0 Å². The van der Waals surface area contributed by atoms with Crippen LogP contribution in [0.4, 0.5) is 0 Å². The number of aryl methyl sites for hydroxylation is 2. The van der Waals surface area contributed by atoms with E-state index < -0.39 is 0 Å². The minimum atomic E-state index is 0.438. The Balaban J connectivity index is 2.32. The third-order valence-electron chi connectivity index (χ3n) is 2.99. The summed E-state index contributed by atoms with van der Waals surface area (Å²) in [7, 11) is 2.05. The molecule has 0 bridgehead atoms. The molecule has 1 rings (SSSR count). The van der Waals surface area contributed by atoms with Crippen LogP contribution < -0.4 is 5.32 Å². The molecule has 4 nitrogen and oxygen atoms in total. The van der Waals surface area contributed by atoms with Crippen LogP contribution in [0.1, 0.15) is 38.9 Å². The van der Waals surface area contributed by atoms with E-state index in [-0.39, 0.29) is 0 Å². The lowest BCUT2D eigenvalue weighted by Crippen LogP contribution is -2.34. The van der Waals surface area contributed by atoms with Gasteiger partial charge in [-0.05, 0) is 25.8 Å². The van der Waals surface area contributed by atoms with Gasteiger partial charge < -0.3 is 14.6 Å². The molecule has 1 atom stereocenters. The predicted molar refractivity (Wildman–Crippen MR) is 74.7 cm³/mol. The first kappa shape index (κ1) is 15.2. The van der Waals surface area contributed by atoms with E-state index in [1.165, 1.54) is 0 Å². The predicted octanol–water partition coefficient (Wildman–Crippen LogP) is 2.15. The number of hydrogen-bond donors (Lipinski definition) is 1. The zero-order chi connectivity index (χ0) is 13.2. The van der Waals surface area contributed by atoms with Crippen LogP contribution in [-0.4, -0.2) is 35.4 Å². The van der Waals surface area contributed by atoms with Crippen LogP contribution in [0.5, 0.6) is 0 Å². The normalized spacial score (nSPS) is 12.8. The second-order valence-electron chi connectivity index (χ2n) is 4.72. The highest BCUT2D eigenvalue weighted by Crippen LogP contribution is 2.03. The summed E-state index contributed by atoms with van der Waals surface area (Å²) in [6, 6.07) is 0.438. The second-order valence-corrected chi connectivity index (χ2v) is 4.72. The first-order valence-electron chi connectivity index (χ1n) is 7.05. The highest BCUT2D eigenvalue weighted by atomic mass is 16.5. The maximum Gasteiger partial charge on any atom is 0.108 e. The monoisotopic (exact) mass is 253 g/mol. The van der Waals surface area contributed by atoms with Gasteiger partial charge in [0.2, 0.25) is 0 Å². The number of imidazole rings is 1. The fraction of sp³-hybridized carbons (Fsp3) is 0.786. The maximum absolute atomic E-state index is 5.65. The lowest BCUT2D eigenvalue weighted by atomic mass is 10.1. The van der Waals surface area contributed by atoms with Gasteiger partial charge in [0.25, 0.3) is 0 Å². The van der Waals surface area contributed by atoms with Gasteiger partial charge >= 0.3 is 0 Å². The molecule has 1 unspecified atom stereocenters. The Morgan fingerprint density at radius 2 is 2.22 bits per heavy atom. The molecular weight excluding hydrogens is 226 g/mol. The van der Waals surface area contributed by atoms with Crippen LogP contribution in [-0.2, 0) is 18.2 Å². The average Bonchev–Trinajstić information content (AvgIpc) is 2.78. The Kier molecular flexibility index (Phi) is 7.69. The molecule has 4 heteroatoms. The number of aromatic nitrogens is 2. The number of ether oxygens (including phenoxy) is 1. The SMILES string of the molecule is CCCNC(CCc1nccn1C)COCCC. The van der Waals surface area contributed by atoms with Crippen LogP contribution in [0.15, 0.2) is 12.4 Å². The molecule has 0 amide bonds. The molecule has 0 aromatic carbocycles. The summed E-state index contributed by atoms with van der Waals surface area (Å²) in [5, 5.41) is 3.55. The highest BCUT2D eigenvalue weighted by Gasteiger charge is 2.09. The molecule has 1 heterocycles. The lowest BCUT2D eigenvalue weighted by Gasteiger charge is -2.18. The smallest absolute Gasteiger partial charge is 0.108 e. The van der Waals surface area contributed by atoms with Crippen molar-refractivity contribution in [3.63, 3.8) is 0 Å². The van der Waals surface area contributed by atoms with E-state index in [1.807, 2.05) is 19.4 Å². The fourth-order valence-electron chi connectivity index (χ4n) is 1.90. The summed E-state index contributed by atoms with van der Waals surface area (Å²) in [5.41, 5.74) is 0. The largest absolute Gasteiger partial charge is 0.380 e. The Bertz CT molecular complexity index is 312. The van der Waals surface area contributed by atoms with Crippen molar-refractivity contribution >= 4 is 0 Å². The quantitative estimate of drug-likeness (QED) is 0.649. The third kappa shape index (κ3) is 5.65. The lowest BCUT2D eigenvalue weighted by molar-refractivity contribution is 0.109. The van der Waals surface area contributed by atoms with Crippen LogP contribution in [0.3, 0.4) is 0 Å². The van der Waals surface area contributed by atoms with Gasteiger partial charge in [0.1, 0.15) is 5.82 Å². The topological polar surface area (TPSA) is 39.1 Å². The van der Waals surface area contributed by atoms with Gasteiger partial charge in [-0.2, -0.15) is 0 Å². The molecule has 0 aliphatic carbocycles.